The lowest BCUT2D eigenvalue weighted by atomic mass is 9.89. The zero-order valence-corrected chi connectivity index (χ0v) is 10.7. The summed E-state index contributed by atoms with van der Waals surface area (Å²) in [4.78, 5) is 0. The maximum atomic E-state index is 8.88. The van der Waals surface area contributed by atoms with Crippen LogP contribution in [0.15, 0.2) is 18.2 Å². The zero-order valence-electron chi connectivity index (χ0n) is 10.7. The highest BCUT2D eigenvalue weighted by molar-refractivity contribution is 5.51. The van der Waals surface area contributed by atoms with E-state index in [2.05, 4.69) is 24.4 Å². The van der Waals surface area contributed by atoms with Gasteiger partial charge in [-0.05, 0) is 48.9 Å². The van der Waals surface area contributed by atoms with Crippen LogP contribution < -0.4 is 5.32 Å². The molecule has 1 N–H and O–H groups in total. The molecule has 90 valence electrons. The summed E-state index contributed by atoms with van der Waals surface area (Å²) in [5, 5.41) is 12.4. The maximum Gasteiger partial charge on any atom is 0.0994 e. The summed E-state index contributed by atoms with van der Waals surface area (Å²) in [6.45, 7) is 5.39. The molecule has 0 bridgehead atoms. The fourth-order valence-electron chi connectivity index (χ4n) is 2.62. The molecule has 1 aromatic carbocycles. The molecule has 0 heterocycles. The molecule has 0 saturated heterocycles. The van der Waals surface area contributed by atoms with Gasteiger partial charge in [-0.25, -0.2) is 0 Å². The zero-order chi connectivity index (χ0) is 12.3. The molecule has 2 heteroatoms. The fraction of sp³-hybridized carbons (Fsp3) is 0.533. The van der Waals surface area contributed by atoms with Gasteiger partial charge in [-0.2, -0.15) is 5.26 Å². The molecule has 2 nitrogen and oxygen atoms in total. The monoisotopic (exact) mass is 228 g/mol. The first-order chi connectivity index (χ1) is 8.13. The number of rotatable bonds is 3. The molecular weight excluding hydrogens is 208 g/mol. The number of anilines is 1. The molecule has 1 aromatic rings. The van der Waals surface area contributed by atoms with Gasteiger partial charge in [-0.1, -0.05) is 19.8 Å². The molecule has 0 aromatic heterocycles. The summed E-state index contributed by atoms with van der Waals surface area (Å²) >= 11 is 0. The maximum absolute atomic E-state index is 8.88. The summed E-state index contributed by atoms with van der Waals surface area (Å²) in [5.41, 5.74) is 3.41. The predicted molar refractivity (Wildman–Crippen MR) is 71.0 cm³/mol. The van der Waals surface area contributed by atoms with Gasteiger partial charge in [0.25, 0.3) is 0 Å². The number of benzene rings is 1. The van der Waals surface area contributed by atoms with Crippen molar-refractivity contribution >= 4 is 5.69 Å². The van der Waals surface area contributed by atoms with Gasteiger partial charge in [0.15, 0.2) is 0 Å². The van der Waals surface area contributed by atoms with E-state index in [1.54, 1.807) is 0 Å². The van der Waals surface area contributed by atoms with Crippen LogP contribution in [0.4, 0.5) is 5.69 Å². The van der Waals surface area contributed by atoms with Crippen molar-refractivity contribution in [1.82, 2.24) is 0 Å². The number of hydrogen-bond donors (Lipinski definition) is 1. The van der Waals surface area contributed by atoms with Gasteiger partial charge in [0.05, 0.1) is 11.6 Å². The second kappa shape index (κ2) is 4.79. The van der Waals surface area contributed by atoms with Crippen molar-refractivity contribution < 1.29 is 0 Å². The summed E-state index contributed by atoms with van der Waals surface area (Å²) in [5.74, 6) is 0. The molecule has 0 radical (unpaired) electrons. The number of nitrogens with one attached hydrogen (secondary N) is 1. The van der Waals surface area contributed by atoms with Crippen LogP contribution in [0.5, 0.6) is 0 Å². The highest BCUT2D eigenvalue weighted by atomic mass is 14.9. The van der Waals surface area contributed by atoms with Crippen molar-refractivity contribution in [3.05, 3.63) is 29.3 Å². The van der Waals surface area contributed by atoms with Gasteiger partial charge in [0.2, 0.25) is 0 Å². The topological polar surface area (TPSA) is 35.8 Å². The van der Waals surface area contributed by atoms with Crippen LogP contribution in [0, 0.1) is 23.7 Å². The highest BCUT2D eigenvalue weighted by Crippen LogP contribution is 2.37. The third-order valence-electron chi connectivity index (χ3n) is 3.88. The fourth-order valence-corrected chi connectivity index (χ4v) is 2.62. The third-order valence-corrected chi connectivity index (χ3v) is 3.88. The summed E-state index contributed by atoms with van der Waals surface area (Å²) in [7, 11) is 0. The van der Waals surface area contributed by atoms with E-state index in [9.17, 15) is 0 Å². The van der Waals surface area contributed by atoms with Gasteiger partial charge in [0.1, 0.15) is 0 Å². The SMILES string of the molecule is Cc1cc(NCC2(C)CCCC2)ccc1C#N. The molecular formula is C15H20N2. The van der Waals surface area contributed by atoms with E-state index in [1.165, 1.54) is 25.7 Å². The van der Waals surface area contributed by atoms with Crippen LogP contribution >= 0.6 is 0 Å². The summed E-state index contributed by atoms with van der Waals surface area (Å²) in [6, 6.07) is 8.17. The predicted octanol–water partition coefficient (Wildman–Crippen LogP) is 3.86. The largest absolute Gasteiger partial charge is 0.384 e. The van der Waals surface area contributed by atoms with Gasteiger partial charge in [-0.15, -0.1) is 0 Å². The Hall–Kier alpha value is -1.49. The van der Waals surface area contributed by atoms with Crippen LogP contribution in [0.3, 0.4) is 0 Å². The average Bonchev–Trinajstić information content (AvgIpc) is 2.74. The first kappa shape index (κ1) is 12.0. The Morgan fingerprint density at radius 3 is 2.65 bits per heavy atom. The van der Waals surface area contributed by atoms with E-state index in [-0.39, 0.29) is 0 Å². The molecule has 2 rings (SSSR count). The van der Waals surface area contributed by atoms with Crippen molar-refractivity contribution in [2.45, 2.75) is 39.5 Å². The molecule has 0 atom stereocenters. The Kier molecular flexibility index (Phi) is 3.38. The standard InChI is InChI=1S/C15H20N2/c1-12-9-14(6-5-13(12)10-16)17-11-15(2)7-3-4-8-15/h5-6,9,17H,3-4,7-8,11H2,1-2H3. The van der Waals surface area contributed by atoms with Crippen molar-refractivity contribution in [3.63, 3.8) is 0 Å². The average molecular weight is 228 g/mol. The molecule has 0 amide bonds. The Balaban J connectivity index is 2.00. The van der Waals surface area contributed by atoms with Crippen LogP contribution in [-0.4, -0.2) is 6.54 Å². The first-order valence-electron chi connectivity index (χ1n) is 6.38. The number of aryl methyl sites for hydroxylation is 1. The summed E-state index contributed by atoms with van der Waals surface area (Å²) < 4.78 is 0. The van der Waals surface area contributed by atoms with Crippen molar-refractivity contribution in [2.24, 2.45) is 5.41 Å². The number of nitriles is 1. The number of hydrogen-bond acceptors (Lipinski definition) is 2. The van der Waals surface area contributed by atoms with Gasteiger partial charge < -0.3 is 5.32 Å². The lowest BCUT2D eigenvalue weighted by Crippen LogP contribution is -2.22. The van der Waals surface area contributed by atoms with Crippen molar-refractivity contribution in [3.8, 4) is 6.07 Å². The van der Waals surface area contributed by atoms with Crippen LogP contribution in [-0.2, 0) is 0 Å². The normalized spacial score (nSPS) is 17.7. The Morgan fingerprint density at radius 2 is 2.06 bits per heavy atom. The third kappa shape index (κ3) is 2.79. The van der Waals surface area contributed by atoms with E-state index in [0.717, 1.165) is 23.4 Å². The van der Waals surface area contributed by atoms with E-state index in [1.807, 2.05) is 19.1 Å². The molecule has 0 spiro atoms. The van der Waals surface area contributed by atoms with Gasteiger partial charge in [-0.3, -0.25) is 0 Å². The molecule has 1 saturated carbocycles. The minimum absolute atomic E-state index is 0.460. The van der Waals surface area contributed by atoms with Gasteiger partial charge in [0, 0.05) is 12.2 Å². The molecule has 1 aliphatic rings. The molecule has 0 unspecified atom stereocenters. The molecule has 1 aliphatic carbocycles. The van der Waals surface area contributed by atoms with E-state index >= 15 is 0 Å². The van der Waals surface area contributed by atoms with Gasteiger partial charge >= 0.3 is 0 Å². The van der Waals surface area contributed by atoms with E-state index in [4.69, 9.17) is 5.26 Å². The van der Waals surface area contributed by atoms with Crippen LogP contribution in [0.25, 0.3) is 0 Å². The van der Waals surface area contributed by atoms with Crippen molar-refractivity contribution in [1.29, 1.82) is 5.26 Å². The minimum atomic E-state index is 0.460. The molecule has 17 heavy (non-hydrogen) atoms. The van der Waals surface area contributed by atoms with E-state index < -0.39 is 0 Å². The first-order valence-corrected chi connectivity index (χ1v) is 6.38. The van der Waals surface area contributed by atoms with E-state index in [0.29, 0.717) is 5.41 Å². The second-order valence-corrected chi connectivity index (χ2v) is 5.51. The minimum Gasteiger partial charge on any atom is -0.384 e. The van der Waals surface area contributed by atoms with Crippen LogP contribution in [0.2, 0.25) is 0 Å². The lowest BCUT2D eigenvalue weighted by Gasteiger charge is -2.24. The quantitative estimate of drug-likeness (QED) is 0.852. The molecule has 0 aliphatic heterocycles. The second-order valence-electron chi connectivity index (χ2n) is 5.51. The number of nitrogens with zero attached hydrogens (tertiary/aromatic N) is 1. The van der Waals surface area contributed by atoms with Crippen LogP contribution in [0.1, 0.15) is 43.7 Å². The van der Waals surface area contributed by atoms with Crippen molar-refractivity contribution in [2.75, 3.05) is 11.9 Å². The Labute approximate surface area is 104 Å². The smallest absolute Gasteiger partial charge is 0.0994 e. The molecule has 1 fully saturated rings. The summed E-state index contributed by atoms with van der Waals surface area (Å²) in [6.07, 6.45) is 5.39. The Bertz CT molecular complexity index is 437. The Morgan fingerprint density at radius 1 is 1.35 bits per heavy atom. The highest BCUT2D eigenvalue weighted by Gasteiger charge is 2.28. The lowest BCUT2D eigenvalue weighted by molar-refractivity contribution is 0.362.